The van der Waals surface area contributed by atoms with Gasteiger partial charge in [-0.1, -0.05) is 48.2 Å². The number of thioether (sulfide) groups is 1. The molecule has 2 aliphatic rings. The fraction of sp³-hybridized carbons (Fsp3) is 0.182. The molecule has 2 aromatic carbocycles. The lowest BCUT2D eigenvalue weighted by Gasteiger charge is -2.34. The lowest BCUT2D eigenvalue weighted by Crippen LogP contribution is -2.44. The minimum absolute atomic E-state index is 0.190. The number of hydrogen-bond acceptors (Lipinski definition) is 5. The highest BCUT2D eigenvalue weighted by Gasteiger charge is 2.59. The molecule has 1 atom stereocenters. The van der Waals surface area contributed by atoms with Gasteiger partial charge in [0.15, 0.2) is 0 Å². The van der Waals surface area contributed by atoms with E-state index in [2.05, 4.69) is 5.32 Å². The van der Waals surface area contributed by atoms with Crippen molar-refractivity contribution in [1.82, 2.24) is 4.57 Å². The van der Waals surface area contributed by atoms with Crippen LogP contribution in [0, 0.1) is 0 Å². The zero-order valence-electron chi connectivity index (χ0n) is 16.0. The van der Waals surface area contributed by atoms with E-state index < -0.39 is 11.4 Å². The molecule has 3 aromatic rings. The quantitative estimate of drug-likeness (QED) is 0.639. The maximum Gasteiger partial charge on any atom is 0.338 e. The molecule has 29 heavy (non-hydrogen) atoms. The molecule has 7 heteroatoms. The second kappa shape index (κ2) is 6.15. The Morgan fingerprint density at radius 2 is 1.93 bits per heavy atom. The molecule has 3 heterocycles. The summed E-state index contributed by atoms with van der Waals surface area (Å²) in [5, 5.41) is 5.02. The Morgan fingerprint density at radius 1 is 1.21 bits per heavy atom. The van der Waals surface area contributed by atoms with Gasteiger partial charge >= 0.3 is 5.97 Å². The number of amides is 1. The lowest BCUT2D eigenvalue weighted by molar-refractivity contribution is -0.140. The number of hydrogen-bond donors (Lipinski definition) is 2. The predicted octanol–water partition coefficient (Wildman–Crippen LogP) is 3.26. The number of benzene rings is 2. The normalized spacial score (nSPS) is 20.0. The molecule has 0 saturated heterocycles. The molecule has 1 spiro atoms. The fourth-order valence-electron chi connectivity index (χ4n) is 4.53. The fourth-order valence-corrected chi connectivity index (χ4v) is 5.67. The molecule has 3 N–H and O–H groups in total. The summed E-state index contributed by atoms with van der Waals surface area (Å²) >= 11 is 1.30. The highest BCUT2D eigenvalue weighted by atomic mass is 32.2. The number of carbonyl (C=O) groups is 2. The summed E-state index contributed by atoms with van der Waals surface area (Å²) in [6.07, 6.45) is 0. The van der Waals surface area contributed by atoms with Crippen molar-refractivity contribution in [3.05, 3.63) is 70.3 Å². The number of anilines is 1. The number of nitrogens with zero attached hydrogens (tertiary/aromatic N) is 1. The summed E-state index contributed by atoms with van der Waals surface area (Å²) in [5.74, 6) is -0.856. The van der Waals surface area contributed by atoms with Crippen LogP contribution >= 0.6 is 11.8 Å². The predicted molar refractivity (Wildman–Crippen MR) is 112 cm³/mol. The summed E-state index contributed by atoms with van der Waals surface area (Å²) in [6, 6.07) is 15.3. The van der Waals surface area contributed by atoms with E-state index in [0.29, 0.717) is 11.3 Å². The van der Waals surface area contributed by atoms with Gasteiger partial charge in [0.1, 0.15) is 5.41 Å². The Hall–Kier alpha value is -3.19. The van der Waals surface area contributed by atoms with Crippen LogP contribution < -0.4 is 11.1 Å². The SMILES string of the molecule is CCOC(=O)C1=C(N)Sc2c(c3ccccc3n2C)C12C(=O)Nc1ccccc12. The lowest BCUT2D eigenvalue weighted by atomic mass is 9.69. The van der Waals surface area contributed by atoms with E-state index in [-0.39, 0.29) is 23.1 Å². The Morgan fingerprint density at radius 3 is 2.72 bits per heavy atom. The smallest absolute Gasteiger partial charge is 0.338 e. The number of para-hydroxylation sites is 2. The first-order valence-corrected chi connectivity index (χ1v) is 10.2. The van der Waals surface area contributed by atoms with Gasteiger partial charge in [-0.25, -0.2) is 4.79 Å². The number of nitrogens with two attached hydrogens (primary N) is 1. The summed E-state index contributed by atoms with van der Waals surface area (Å²) in [5.41, 5.74) is 8.42. The molecule has 0 aliphatic carbocycles. The van der Waals surface area contributed by atoms with Crippen LogP contribution in [0.4, 0.5) is 5.69 Å². The van der Waals surface area contributed by atoms with Crippen LogP contribution in [0.3, 0.4) is 0 Å². The zero-order chi connectivity index (χ0) is 20.3. The third-order valence-electron chi connectivity index (χ3n) is 5.66. The van der Waals surface area contributed by atoms with Gasteiger partial charge in [0.25, 0.3) is 0 Å². The van der Waals surface area contributed by atoms with Crippen molar-refractivity contribution in [1.29, 1.82) is 0 Å². The Bertz CT molecular complexity index is 1240. The van der Waals surface area contributed by atoms with Gasteiger partial charge in [0.05, 0.1) is 22.2 Å². The molecule has 0 saturated carbocycles. The third-order valence-corrected chi connectivity index (χ3v) is 6.75. The third kappa shape index (κ3) is 2.13. The standard InChI is InChI=1S/C22H19N3O3S/c1-3-28-20(26)17-18(23)29-19-16(12-8-4-7-11-15(12)25(19)2)22(17)13-9-5-6-10-14(13)24-21(22)27/h4-11H,3,23H2,1-2H3,(H,24,27). The first-order valence-electron chi connectivity index (χ1n) is 9.35. The highest BCUT2D eigenvalue weighted by Crippen LogP contribution is 2.57. The number of carbonyl (C=O) groups excluding carboxylic acids is 2. The first-order chi connectivity index (χ1) is 14.0. The topological polar surface area (TPSA) is 86.3 Å². The highest BCUT2D eigenvalue weighted by molar-refractivity contribution is 8.03. The Labute approximate surface area is 171 Å². The molecule has 5 rings (SSSR count). The average Bonchev–Trinajstić information content (AvgIpc) is 3.15. The molecule has 0 radical (unpaired) electrons. The zero-order valence-corrected chi connectivity index (χ0v) is 16.8. The van der Waals surface area contributed by atoms with E-state index in [4.69, 9.17) is 10.5 Å². The van der Waals surface area contributed by atoms with Crippen LogP contribution in [0.5, 0.6) is 0 Å². The van der Waals surface area contributed by atoms with Crippen LogP contribution in [-0.2, 0) is 26.8 Å². The number of esters is 1. The minimum atomic E-state index is -1.35. The second-order valence-corrected chi connectivity index (χ2v) is 8.10. The van der Waals surface area contributed by atoms with Crippen molar-refractivity contribution in [2.75, 3.05) is 11.9 Å². The van der Waals surface area contributed by atoms with Crippen molar-refractivity contribution < 1.29 is 14.3 Å². The first kappa shape index (κ1) is 17.9. The molecule has 1 aromatic heterocycles. The molecule has 1 amide bonds. The van der Waals surface area contributed by atoms with E-state index in [0.717, 1.165) is 21.5 Å². The Kier molecular flexibility index (Phi) is 3.79. The number of aryl methyl sites for hydroxylation is 1. The van der Waals surface area contributed by atoms with Gasteiger partial charge in [0, 0.05) is 34.8 Å². The van der Waals surface area contributed by atoms with Gasteiger partial charge in [0.2, 0.25) is 5.91 Å². The van der Waals surface area contributed by atoms with Gasteiger partial charge in [-0.05, 0) is 19.1 Å². The van der Waals surface area contributed by atoms with E-state index in [1.165, 1.54) is 11.8 Å². The van der Waals surface area contributed by atoms with Crippen LogP contribution in [-0.4, -0.2) is 23.1 Å². The summed E-state index contributed by atoms with van der Waals surface area (Å²) in [4.78, 5) is 26.8. The molecule has 1 unspecified atom stereocenters. The monoisotopic (exact) mass is 405 g/mol. The number of nitrogens with one attached hydrogen (secondary N) is 1. The Balaban J connectivity index is 1.97. The van der Waals surface area contributed by atoms with Crippen molar-refractivity contribution in [3.63, 3.8) is 0 Å². The van der Waals surface area contributed by atoms with E-state index >= 15 is 0 Å². The molecule has 2 aliphatic heterocycles. The maximum atomic E-state index is 13.7. The van der Waals surface area contributed by atoms with Crippen molar-refractivity contribution in [2.24, 2.45) is 12.8 Å². The molecular formula is C22H19N3O3S. The van der Waals surface area contributed by atoms with E-state index in [1.54, 1.807) is 6.92 Å². The van der Waals surface area contributed by atoms with Gasteiger partial charge < -0.3 is 20.4 Å². The number of aromatic nitrogens is 1. The largest absolute Gasteiger partial charge is 0.463 e. The number of ether oxygens (including phenoxy) is 1. The van der Waals surface area contributed by atoms with Crippen LogP contribution in [0.1, 0.15) is 18.1 Å². The van der Waals surface area contributed by atoms with Crippen molar-refractivity contribution in [2.45, 2.75) is 17.4 Å². The maximum absolute atomic E-state index is 13.7. The van der Waals surface area contributed by atoms with Gasteiger partial charge in [-0.2, -0.15) is 0 Å². The molecule has 0 bridgehead atoms. The number of fused-ring (bicyclic) bond motifs is 6. The molecule has 0 fully saturated rings. The minimum Gasteiger partial charge on any atom is -0.463 e. The summed E-state index contributed by atoms with van der Waals surface area (Å²) in [6.45, 7) is 1.94. The summed E-state index contributed by atoms with van der Waals surface area (Å²) < 4.78 is 7.39. The molecule has 6 nitrogen and oxygen atoms in total. The van der Waals surface area contributed by atoms with E-state index in [9.17, 15) is 9.59 Å². The van der Waals surface area contributed by atoms with Gasteiger partial charge in [-0.3, -0.25) is 4.79 Å². The average molecular weight is 405 g/mol. The number of rotatable bonds is 2. The van der Waals surface area contributed by atoms with Crippen molar-refractivity contribution in [3.8, 4) is 0 Å². The summed E-state index contributed by atoms with van der Waals surface area (Å²) in [7, 11) is 1.95. The molecular weight excluding hydrogens is 386 g/mol. The van der Waals surface area contributed by atoms with Crippen LogP contribution in [0.15, 0.2) is 64.2 Å². The van der Waals surface area contributed by atoms with E-state index in [1.807, 2.05) is 60.1 Å². The van der Waals surface area contributed by atoms with Crippen LogP contribution in [0.2, 0.25) is 0 Å². The molecule has 146 valence electrons. The van der Waals surface area contributed by atoms with Crippen molar-refractivity contribution >= 4 is 40.2 Å². The van der Waals surface area contributed by atoms with Crippen LogP contribution in [0.25, 0.3) is 10.9 Å². The van der Waals surface area contributed by atoms with Gasteiger partial charge in [-0.15, -0.1) is 0 Å². The second-order valence-electron chi connectivity index (χ2n) is 7.07.